The summed E-state index contributed by atoms with van der Waals surface area (Å²) >= 11 is 0. The molecule has 5 nitrogen and oxygen atoms in total. The Labute approximate surface area is 147 Å². The molecule has 2 aromatic rings. The lowest BCUT2D eigenvalue weighted by atomic mass is 10.0. The van der Waals surface area contributed by atoms with Gasteiger partial charge in [0.1, 0.15) is 5.75 Å². The van der Waals surface area contributed by atoms with Crippen molar-refractivity contribution in [1.29, 1.82) is 0 Å². The minimum absolute atomic E-state index is 0.0263. The van der Waals surface area contributed by atoms with E-state index in [1.165, 1.54) is 0 Å². The number of anilines is 1. The van der Waals surface area contributed by atoms with Gasteiger partial charge in [0.2, 0.25) is 5.91 Å². The summed E-state index contributed by atoms with van der Waals surface area (Å²) < 4.78 is 5.73. The summed E-state index contributed by atoms with van der Waals surface area (Å²) in [5.41, 5.74) is 2.04. The number of carboxylic acid groups (broad SMARTS) is 1. The van der Waals surface area contributed by atoms with E-state index in [1.807, 2.05) is 38.1 Å². The largest absolute Gasteiger partial charge is 0.491 e. The van der Waals surface area contributed by atoms with Crippen molar-refractivity contribution in [1.82, 2.24) is 0 Å². The molecule has 0 spiro atoms. The third-order valence-electron chi connectivity index (χ3n) is 3.73. The van der Waals surface area contributed by atoms with E-state index in [2.05, 4.69) is 5.32 Å². The number of para-hydroxylation sites is 1. The van der Waals surface area contributed by atoms with Crippen molar-refractivity contribution < 1.29 is 19.4 Å². The second-order valence-corrected chi connectivity index (χ2v) is 6.18. The number of carboxylic acids is 1. The second kappa shape index (κ2) is 8.33. The first-order valence-corrected chi connectivity index (χ1v) is 8.24. The molecule has 0 bridgehead atoms. The van der Waals surface area contributed by atoms with Crippen LogP contribution < -0.4 is 10.1 Å². The Bertz CT molecular complexity index is 755. The third kappa shape index (κ3) is 5.35. The zero-order valence-corrected chi connectivity index (χ0v) is 14.7. The molecule has 1 amide bonds. The Balaban J connectivity index is 2.09. The topological polar surface area (TPSA) is 75.6 Å². The van der Waals surface area contributed by atoms with Gasteiger partial charge < -0.3 is 15.2 Å². The van der Waals surface area contributed by atoms with Crippen LogP contribution in [0.2, 0.25) is 0 Å². The average Bonchev–Trinajstić information content (AvgIpc) is 2.55. The van der Waals surface area contributed by atoms with Crippen molar-refractivity contribution >= 4 is 17.6 Å². The maximum atomic E-state index is 12.4. The van der Waals surface area contributed by atoms with Crippen LogP contribution in [0.4, 0.5) is 5.69 Å². The summed E-state index contributed by atoms with van der Waals surface area (Å²) in [7, 11) is 0. The summed E-state index contributed by atoms with van der Waals surface area (Å²) in [5, 5.41) is 11.9. The lowest BCUT2D eigenvalue weighted by molar-refractivity contribution is -0.138. The molecule has 2 rings (SSSR count). The minimum Gasteiger partial charge on any atom is -0.491 e. The predicted molar refractivity (Wildman–Crippen MR) is 97.0 cm³/mol. The normalized spacial score (nSPS) is 11.8. The number of hydrogen-bond donors (Lipinski definition) is 2. The number of amides is 1. The van der Waals surface area contributed by atoms with Crippen LogP contribution in [-0.2, 0) is 16.0 Å². The summed E-state index contributed by atoms with van der Waals surface area (Å²) in [6.07, 6.45) is 0.208. The zero-order chi connectivity index (χ0) is 18.4. The molecule has 1 atom stereocenters. The molecule has 0 aliphatic carbocycles. The number of aliphatic carboxylic acids is 1. The van der Waals surface area contributed by atoms with Gasteiger partial charge in [-0.1, -0.05) is 30.3 Å². The molecule has 0 aliphatic rings. The molecule has 132 valence electrons. The van der Waals surface area contributed by atoms with Gasteiger partial charge in [0, 0.05) is 11.3 Å². The summed E-state index contributed by atoms with van der Waals surface area (Å²) in [6, 6.07) is 14.3. The molecule has 0 saturated heterocycles. The molecule has 2 N–H and O–H groups in total. The van der Waals surface area contributed by atoms with Crippen LogP contribution in [0.1, 0.15) is 37.8 Å². The molecular formula is C20H23NO4. The Morgan fingerprint density at radius 3 is 2.48 bits per heavy atom. The van der Waals surface area contributed by atoms with Gasteiger partial charge in [-0.3, -0.25) is 9.59 Å². The smallest absolute Gasteiger partial charge is 0.310 e. The highest BCUT2D eigenvalue weighted by Crippen LogP contribution is 2.22. The number of benzene rings is 2. The van der Waals surface area contributed by atoms with E-state index in [0.29, 0.717) is 17.0 Å². The Morgan fingerprint density at radius 1 is 1.08 bits per heavy atom. The maximum absolute atomic E-state index is 12.4. The van der Waals surface area contributed by atoms with E-state index in [-0.39, 0.29) is 18.4 Å². The first-order valence-electron chi connectivity index (χ1n) is 8.24. The van der Waals surface area contributed by atoms with E-state index in [0.717, 1.165) is 5.56 Å². The lowest BCUT2D eigenvalue weighted by Gasteiger charge is -2.14. The van der Waals surface area contributed by atoms with E-state index in [1.54, 1.807) is 31.2 Å². The highest BCUT2D eigenvalue weighted by Gasteiger charge is 2.15. The predicted octanol–water partition coefficient (Wildman–Crippen LogP) is 3.84. The van der Waals surface area contributed by atoms with Gasteiger partial charge in [0.05, 0.1) is 18.4 Å². The van der Waals surface area contributed by atoms with Crippen LogP contribution in [-0.4, -0.2) is 23.1 Å². The molecule has 0 saturated carbocycles. The first kappa shape index (κ1) is 18.5. The molecule has 0 fully saturated rings. The quantitative estimate of drug-likeness (QED) is 0.802. The van der Waals surface area contributed by atoms with Gasteiger partial charge in [0.25, 0.3) is 0 Å². The standard InChI is InChI=1S/C20H23NO4/c1-13(2)25-18-10-5-4-7-16(18)12-19(22)21-17-9-6-8-15(11-17)14(3)20(23)24/h4-11,13-14H,12H2,1-3H3,(H,21,22)(H,23,24). The number of rotatable bonds is 7. The summed E-state index contributed by atoms with van der Waals surface area (Å²) in [6.45, 7) is 5.49. The Kier molecular flexibility index (Phi) is 6.17. The summed E-state index contributed by atoms with van der Waals surface area (Å²) in [5.74, 6) is -1.01. The molecule has 0 heterocycles. The van der Waals surface area contributed by atoms with Crippen molar-refractivity contribution in [3.05, 3.63) is 59.7 Å². The first-order chi connectivity index (χ1) is 11.9. The molecule has 1 unspecified atom stereocenters. The van der Waals surface area contributed by atoms with Crippen molar-refractivity contribution in [2.75, 3.05) is 5.32 Å². The highest BCUT2D eigenvalue weighted by molar-refractivity contribution is 5.92. The SMILES string of the molecule is CC(C)Oc1ccccc1CC(=O)Nc1cccc(C(C)C(=O)O)c1. The fraction of sp³-hybridized carbons (Fsp3) is 0.300. The molecule has 0 aliphatic heterocycles. The van der Waals surface area contributed by atoms with E-state index < -0.39 is 11.9 Å². The number of ether oxygens (including phenoxy) is 1. The van der Waals surface area contributed by atoms with Crippen molar-refractivity contribution in [3.8, 4) is 5.75 Å². The van der Waals surface area contributed by atoms with Crippen molar-refractivity contribution in [3.63, 3.8) is 0 Å². The van der Waals surface area contributed by atoms with Gasteiger partial charge >= 0.3 is 5.97 Å². The van der Waals surface area contributed by atoms with Gasteiger partial charge in [-0.2, -0.15) is 0 Å². The van der Waals surface area contributed by atoms with E-state index >= 15 is 0 Å². The van der Waals surface area contributed by atoms with Gasteiger partial charge in [0.15, 0.2) is 0 Å². The van der Waals surface area contributed by atoms with Gasteiger partial charge in [-0.25, -0.2) is 0 Å². The Hall–Kier alpha value is -2.82. The zero-order valence-electron chi connectivity index (χ0n) is 14.7. The van der Waals surface area contributed by atoms with E-state index in [9.17, 15) is 9.59 Å². The van der Waals surface area contributed by atoms with Gasteiger partial charge in [-0.15, -0.1) is 0 Å². The Morgan fingerprint density at radius 2 is 1.80 bits per heavy atom. The number of carbonyl (C=O) groups excluding carboxylic acids is 1. The van der Waals surface area contributed by atoms with Crippen LogP contribution in [0, 0.1) is 0 Å². The molecule has 0 radical (unpaired) electrons. The van der Waals surface area contributed by atoms with Crippen LogP contribution in [0.5, 0.6) is 5.75 Å². The lowest BCUT2D eigenvalue weighted by Crippen LogP contribution is -2.16. The third-order valence-corrected chi connectivity index (χ3v) is 3.73. The highest BCUT2D eigenvalue weighted by atomic mass is 16.5. The molecule has 25 heavy (non-hydrogen) atoms. The number of carbonyl (C=O) groups is 2. The van der Waals surface area contributed by atoms with Crippen molar-refractivity contribution in [2.24, 2.45) is 0 Å². The fourth-order valence-electron chi connectivity index (χ4n) is 2.43. The van der Waals surface area contributed by atoms with Crippen LogP contribution in [0.15, 0.2) is 48.5 Å². The number of hydrogen-bond acceptors (Lipinski definition) is 3. The average molecular weight is 341 g/mol. The monoisotopic (exact) mass is 341 g/mol. The van der Waals surface area contributed by atoms with Crippen LogP contribution in [0.25, 0.3) is 0 Å². The minimum atomic E-state index is -0.900. The second-order valence-electron chi connectivity index (χ2n) is 6.18. The molecule has 2 aromatic carbocycles. The number of nitrogens with one attached hydrogen (secondary N) is 1. The van der Waals surface area contributed by atoms with Crippen molar-refractivity contribution in [2.45, 2.75) is 39.2 Å². The van der Waals surface area contributed by atoms with Crippen LogP contribution >= 0.6 is 0 Å². The molecular weight excluding hydrogens is 318 g/mol. The molecule has 0 aromatic heterocycles. The van der Waals surface area contributed by atoms with Crippen LogP contribution in [0.3, 0.4) is 0 Å². The molecule has 5 heteroatoms. The van der Waals surface area contributed by atoms with E-state index in [4.69, 9.17) is 9.84 Å². The fourth-order valence-corrected chi connectivity index (χ4v) is 2.43. The summed E-state index contributed by atoms with van der Waals surface area (Å²) in [4.78, 5) is 23.5. The maximum Gasteiger partial charge on any atom is 0.310 e. The van der Waals surface area contributed by atoms with Gasteiger partial charge in [-0.05, 0) is 44.5 Å².